The van der Waals surface area contributed by atoms with Crippen LogP contribution in [-0.4, -0.2) is 11.0 Å². The van der Waals surface area contributed by atoms with E-state index in [2.05, 4.69) is 12.2 Å². The predicted molar refractivity (Wildman–Crippen MR) is 98.3 cm³/mol. The van der Waals surface area contributed by atoms with Crippen molar-refractivity contribution < 1.29 is 9.90 Å². The fourth-order valence-electron chi connectivity index (χ4n) is 3.02. The van der Waals surface area contributed by atoms with Crippen LogP contribution in [0.3, 0.4) is 0 Å². The van der Waals surface area contributed by atoms with E-state index in [1.807, 2.05) is 60.7 Å². The lowest BCUT2D eigenvalue weighted by Crippen LogP contribution is -2.21. The second kappa shape index (κ2) is 7.18. The minimum absolute atomic E-state index is 0.0882. The molecule has 0 saturated carbocycles. The number of hydrogen-bond acceptors (Lipinski definition) is 2. The molecule has 0 aliphatic carbocycles. The van der Waals surface area contributed by atoms with Gasteiger partial charge in [-0.1, -0.05) is 74.0 Å². The first-order valence-corrected chi connectivity index (χ1v) is 8.27. The van der Waals surface area contributed by atoms with Crippen LogP contribution in [0.4, 0.5) is 5.69 Å². The minimum atomic E-state index is -0.227. The van der Waals surface area contributed by atoms with Crippen molar-refractivity contribution >= 4 is 22.4 Å². The number of nitrogens with one attached hydrogen (secondary N) is 1. The highest BCUT2D eigenvalue weighted by atomic mass is 16.3. The summed E-state index contributed by atoms with van der Waals surface area (Å²) in [5.74, 6) is -0.227. The summed E-state index contributed by atoms with van der Waals surface area (Å²) in [4.78, 5) is 12.9. The van der Waals surface area contributed by atoms with E-state index in [9.17, 15) is 9.90 Å². The fourth-order valence-corrected chi connectivity index (χ4v) is 3.02. The molecule has 0 bridgehead atoms. The number of hydrogen-bond donors (Lipinski definition) is 2. The van der Waals surface area contributed by atoms with Crippen molar-refractivity contribution in [1.82, 2.24) is 0 Å². The molecule has 0 heterocycles. The third kappa shape index (κ3) is 3.25. The number of fused-ring (bicyclic) bond motifs is 1. The third-order valence-electron chi connectivity index (χ3n) is 4.25. The molecule has 3 nitrogen and oxygen atoms in total. The first-order valence-electron chi connectivity index (χ1n) is 8.27. The molecule has 3 aromatic carbocycles. The highest BCUT2D eigenvalue weighted by Crippen LogP contribution is 2.33. The van der Waals surface area contributed by atoms with Crippen LogP contribution >= 0.6 is 0 Å². The van der Waals surface area contributed by atoms with Crippen LogP contribution in [0.1, 0.15) is 31.2 Å². The Morgan fingerprint density at radius 2 is 1.71 bits per heavy atom. The van der Waals surface area contributed by atoms with Crippen molar-refractivity contribution in [2.75, 3.05) is 5.32 Å². The smallest absolute Gasteiger partial charge is 0.232 e. The van der Waals surface area contributed by atoms with Gasteiger partial charge >= 0.3 is 0 Å². The second-order valence-electron chi connectivity index (χ2n) is 5.92. The molecule has 0 saturated heterocycles. The Morgan fingerprint density at radius 1 is 1.00 bits per heavy atom. The number of rotatable bonds is 5. The molecule has 1 amide bonds. The molecule has 1 unspecified atom stereocenters. The maximum absolute atomic E-state index is 12.9. The van der Waals surface area contributed by atoms with Gasteiger partial charge in [-0.05, 0) is 23.4 Å². The van der Waals surface area contributed by atoms with Crippen molar-refractivity contribution in [1.29, 1.82) is 0 Å². The Bertz CT molecular complexity index is 843. The Morgan fingerprint density at radius 3 is 2.46 bits per heavy atom. The zero-order valence-corrected chi connectivity index (χ0v) is 13.7. The third-order valence-corrected chi connectivity index (χ3v) is 4.25. The number of carbonyl (C=O) groups excluding carboxylic acids is 1. The summed E-state index contributed by atoms with van der Waals surface area (Å²) in [6, 6.07) is 21.0. The lowest BCUT2D eigenvalue weighted by atomic mass is 9.93. The van der Waals surface area contributed by atoms with Crippen LogP contribution in [0.25, 0.3) is 10.8 Å². The topological polar surface area (TPSA) is 49.3 Å². The number of phenols is 1. The molecule has 3 aromatic rings. The molecule has 24 heavy (non-hydrogen) atoms. The molecule has 1 atom stereocenters. The summed E-state index contributed by atoms with van der Waals surface area (Å²) >= 11 is 0. The molecule has 122 valence electrons. The van der Waals surface area contributed by atoms with Crippen molar-refractivity contribution in [2.24, 2.45) is 0 Å². The summed E-state index contributed by atoms with van der Waals surface area (Å²) in [5.41, 5.74) is 1.48. The van der Waals surface area contributed by atoms with Crippen LogP contribution in [0.2, 0.25) is 0 Å². The minimum Gasteiger partial charge on any atom is -0.506 e. The van der Waals surface area contributed by atoms with E-state index >= 15 is 0 Å². The molecule has 0 fully saturated rings. The monoisotopic (exact) mass is 319 g/mol. The van der Waals surface area contributed by atoms with E-state index in [1.54, 1.807) is 6.07 Å². The number of anilines is 1. The molecule has 0 spiro atoms. The van der Waals surface area contributed by atoms with Crippen LogP contribution < -0.4 is 5.32 Å². The Hall–Kier alpha value is -2.81. The van der Waals surface area contributed by atoms with Gasteiger partial charge in [0, 0.05) is 5.39 Å². The van der Waals surface area contributed by atoms with Crippen LogP contribution in [-0.2, 0) is 4.79 Å². The molecule has 0 aromatic heterocycles. The number of phenolic OH excluding ortho intramolecular Hbond substituents is 1. The molecule has 0 aliphatic heterocycles. The zero-order chi connectivity index (χ0) is 16.9. The standard InChI is InChI=1S/C21H21NO2/c1-2-8-18(15-9-4-3-5-10-15)21(24)22-20-17-12-7-6-11-16(17)13-14-19(20)23/h3-7,9-14,18,23H,2,8H2,1H3,(H,22,24). The van der Waals surface area contributed by atoms with Gasteiger partial charge in [-0.25, -0.2) is 0 Å². The zero-order valence-electron chi connectivity index (χ0n) is 13.7. The van der Waals surface area contributed by atoms with E-state index in [0.29, 0.717) is 5.69 Å². The maximum atomic E-state index is 12.9. The van der Waals surface area contributed by atoms with E-state index in [4.69, 9.17) is 0 Å². The summed E-state index contributed by atoms with van der Waals surface area (Å²) in [5, 5.41) is 15.0. The number of carbonyl (C=O) groups is 1. The van der Waals surface area contributed by atoms with Crippen LogP contribution in [0.5, 0.6) is 5.75 Å². The van der Waals surface area contributed by atoms with Crippen molar-refractivity contribution in [3.8, 4) is 5.75 Å². The fraction of sp³-hybridized carbons (Fsp3) is 0.190. The molecule has 3 heteroatoms. The molecular weight excluding hydrogens is 298 g/mol. The predicted octanol–water partition coefficient (Wildman–Crippen LogP) is 5.07. The van der Waals surface area contributed by atoms with E-state index in [0.717, 1.165) is 29.2 Å². The van der Waals surface area contributed by atoms with E-state index < -0.39 is 0 Å². The van der Waals surface area contributed by atoms with Gasteiger partial charge in [0.2, 0.25) is 5.91 Å². The lowest BCUT2D eigenvalue weighted by Gasteiger charge is -2.18. The molecular formula is C21H21NO2. The normalized spacial score (nSPS) is 12.0. The van der Waals surface area contributed by atoms with Gasteiger partial charge in [0.15, 0.2) is 0 Å². The lowest BCUT2D eigenvalue weighted by molar-refractivity contribution is -0.117. The van der Waals surface area contributed by atoms with Gasteiger partial charge in [0.1, 0.15) is 5.75 Å². The van der Waals surface area contributed by atoms with Gasteiger partial charge in [-0.2, -0.15) is 0 Å². The molecule has 2 N–H and O–H groups in total. The Balaban J connectivity index is 1.95. The molecule has 0 radical (unpaired) electrons. The van der Waals surface area contributed by atoms with Crippen LogP contribution in [0, 0.1) is 0 Å². The number of aromatic hydroxyl groups is 1. The number of amides is 1. The number of benzene rings is 3. The van der Waals surface area contributed by atoms with E-state index in [-0.39, 0.29) is 17.6 Å². The summed E-state index contributed by atoms with van der Waals surface area (Å²) in [6.45, 7) is 2.07. The highest BCUT2D eigenvalue weighted by molar-refractivity contribution is 6.06. The second-order valence-corrected chi connectivity index (χ2v) is 5.92. The van der Waals surface area contributed by atoms with Gasteiger partial charge in [0.25, 0.3) is 0 Å². The summed E-state index contributed by atoms with van der Waals surface area (Å²) in [7, 11) is 0. The van der Waals surface area contributed by atoms with Gasteiger partial charge in [0.05, 0.1) is 11.6 Å². The van der Waals surface area contributed by atoms with Crippen molar-refractivity contribution in [3.63, 3.8) is 0 Å². The summed E-state index contributed by atoms with van der Waals surface area (Å²) < 4.78 is 0. The van der Waals surface area contributed by atoms with Gasteiger partial charge in [-0.15, -0.1) is 0 Å². The summed E-state index contributed by atoms with van der Waals surface area (Å²) in [6.07, 6.45) is 1.68. The molecule has 3 rings (SSSR count). The van der Waals surface area contributed by atoms with Gasteiger partial charge in [-0.3, -0.25) is 4.79 Å². The first kappa shape index (κ1) is 16.1. The first-order chi connectivity index (χ1) is 11.7. The maximum Gasteiger partial charge on any atom is 0.232 e. The average molecular weight is 319 g/mol. The van der Waals surface area contributed by atoms with E-state index in [1.165, 1.54) is 0 Å². The Labute approximate surface area is 142 Å². The average Bonchev–Trinajstić information content (AvgIpc) is 2.62. The molecule has 0 aliphatic rings. The SMILES string of the molecule is CCCC(C(=O)Nc1c(O)ccc2ccccc12)c1ccccc1. The van der Waals surface area contributed by atoms with Crippen molar-refractivity contribution in [3.05, 3.63) is 72.3 Å². The quantitative estimate of drug-likeness (QED) is 0.645. The van der Waals surface area contributed by atoms with Gasteiger partial charge < -0.3 is 10.4 Å². The highest BCUT2D eigenvalue weighted by Gasteiger charge is 2.21. The largest absolute Gasteiger partial charge is 0.506 e. The van der Waals surface area contributed by atoms with Crippen molar-refractivity contribution in [2.45, 2.75) is 25.7 Å². The van der Waals surface area contributed by atoms with Crippen LogP contribution in [0.15, 0.2) is 66.7 Å². The Kier molecular flexibility index (Phi) is 4.80.